The van der Waals surface area contributed by atoms with Gasteiger partial charge in [-0.1, -0.05) is 122 Å². The van der Waals surface area contributed by atoms with Crippen molar-refractivity contribution < 1.29 is 5.11 Å². The third-order valence-corrected chi connectivity index (χ3v) is 10.2. The van der Waals surface area contributed by atoms with E-state index < -0.39 is 0 Å². The fourth-order valence-electron chi connectivity index (χ4n) is 6.93. The van der Waals surface area contributed by atoms with E-state index in [9.17, 15) is 5.11 Å². The van der Waals surface area contributed by atoms with E-state index in [2.05, 4.69) is 145 Å². The minimum atomic E-state index is 0.212. The summed E-state index contributed by atoms with van der Waals surface area (Å²) in [4.78, 5) is 10.3. The van der Waals surface area contributed by atoms with Gasteiger partial charge in [0.2, 0.25) is 0 Å². The fraction of sp³-hybridized carbons (Fsp3) is 0.250. The Morgan fingerprint density at radius 1 is 0.462 bits per heavy atom. The van der Waals surface area contributed by atoms with Crippen molar-refractivity contribution in [2.24, 2.45) is 0 Å². The van der Waals surface area contributed by atoms with Crippen LogP contribution in [0.2, 0.25) is 0 Å². The summed E-state index contributed by atoms with van der Waals surface area (Å²) in [6, 6.07) is 42.6. The van der Waals surface area contributed by atoms with Crippen LogP contribution in [-0.2, 0) is 0 Å². The molecule has 0 spiro atoms. The van der Waals surface area contributed by atoms with Gasteiger partial charge in [-0.3, -0.25) is 4.57 Å². The number of nitrogens with zero attached hydrogens (tertiary/aromatic N) is 3. The van der Waals surface area contributed by atoms with Crippen molar-refractivity contribution in [1.29, 1.82) is 0 Å². The van der Waals surface area contributed by atoms with Crippen LogP contribution in [0.4, 0.5) is 0 Å². The van der Waals surface area contributed by atoms with Crippen LogP contribution < -0.4 is 0 Å². The predicted molar refractivity (Wildman–Crippen MR) is 219 cm³/mol. The van der Waals surface area contributed by atoms with Crippen molar-refractivity contribution in [3.8, 4) is 56.5 Å². The fourth-order valence-corrected chi connectivity index (χ4v) is 6.93. The Hall–Kier alpha value is -5.48. The van der Waals surface area contributed by atoms with Crippen LogP contribution in [0.15, 0.2) is 121 Å². The summed E-state index contributed by atoms with van der Waals surface area (Å²) in [6.45, 7) is 18.0. The molecular weight excluding hydrogens is 635 g/mol. The Morgan fingerprint density at radius 3 is 1.69 bits per heavy atom. The number of hydrogen-bond donors (Lipinski definition) is 1. The summed E-state index contributed by atoms with van der Waals surface area (Å²) in [5.41, 5.74) is 14.9. The molecular formula is C48H49N3O. The summed E-state index contributed by atoms with van der Waals surface area (Å²) in [5.74, 6) is 2.75. The van der Waals surface area contributed by atoms with Gasteiger partial charge in [0.15, 0.2) is 0 Å². The maximum Gasteiger partial charge on any atom is 0.145 e. The molecule has 4 heteroatoms. The van der Waals surface area contributed by atoms with E-state index in [-0.39, 0.29) is 5.75 Å². The lowest BCUT2D eigenvalue weighted by atomic mass is 9.90. The molecule has 0 radical (unpaired) electrons. The molecule has 0 aliphatic rings. The number of pyridine rings is 1. The van der Waals surface area contributed by atoms with E-state index >= 15 is 0 Å². The predicted octanol–water partition coefficient (Wildman–Crippen LogP) is 13.3. The van der Waals surface area contributed by atoms with Gasteiger partial charge in [0.05, 0.1) is 22.4 Å². The quantitative estimate of drug-likeness (QED) is 0.165. The molecule has 0 aliphatic heterocycles. The van der Waals surface area contributed by atoms with Gasteiger partial charge in [-0.15, -0.1) is 0 Å². The lowest BCUT2D eigenvalue weighted by Crippen LogP contribution is -2.02. The SMILES string of the molecule is CC(C)c1cc(-c2ccc(O)c(-c3cccc(-c4cccc(-c5nc6ccccc6n5-c5cc(C(C)C)cc(C(C)C)c5)c4)n3)c2)cc(C(C)C)c1. The third kappa shape index (κ3) is 6.90. The van der Waals surface area contributed by atoms with Crippen molar-refractivity contribution in [2.45, 2.75) is 79.1 Å². The highest BCUT2D eigenvalue weighted by Crippen LogP contribution is 2.37. The minimum Gasteiger partial charge on any atom is -0.507 e. The molecule has 0 amide bonds. The third-order valence-electron chi connectivity index (χ3n) is 10.2. The first-order valence-corrected chi connectivity index (χ1v) is 18.7. The molecule has 5 aromatic carbocycles. The second kappa shape index (κ2) is 14.3. The summed E-state index contributed by atoms with van der Waals surface area (Å²) in [6.07, 6.45) is 0. The van der Waals surface area contributed by atoms with Gasteiger partial charge in [-0.05, 0) is 112 Å². The normalized spacial score (nSPS) is 11.8. The van der Waals surface area contributed by atoms with Crippen LogP contribution in [0.1, 0.15) is 101 Å². The molecule has 0 saturated heterocycles. The van der Waals surface area contributed by atoms with Gasteiger partial charge in [-0.25, -0.2) is 9.97 Å². The van der Waals surface area contributed by atoms with E-state index in [1.807, 2.05) is 30.3 Å². The molecule has 4 nitrogen and oxygen atoms in total. The Kier molecular flexibility index (Phi) is 9.59. The Balaban J connectivity index is 1.31. The first kappa shape index (κ1) is 34.9. The van der Waals surface area contributed by atoms with Gasteiger partial charge in [0, 0.05) is 22.4 Å². The zero-order valence-electron chi connectivity index (χ0n) is 31.6. The average Bonchev–Trinajstić information content (AvgIpc) is 3.54. The number of phenols is 1. The summed E-state index contributed by atoms with van der Waals surface area (Å²) < 4.78 is 2.30. The number of para-hydroxylation sites is 2. The Morgan fingerprint density at radius 2 is 1.04 bits per heavy atom. The minimum absolute atomic E-state index is 0.212. The standard InChI is InChI=1S/C48H49N3O/c1-29(2)36-22-37(30(3)4)25-40(24-36)33-19-20-47(52)42(28-33)44-17-12-16-43(49-44)34-13-11-14-35(21-34)48-50-45-15-9-10-18-46(45)51(48)41-26-38(31(5)6)23-39(27-41)32(7)8/h9-32,52H,1-8H3. The number of hydrogen-bond acceptors (Lipinski definition) is 3. The highest BCUT2D eigenvalue weighted by molar-refractivity contribution is 5.84. The largest absolute Gasteiger partial charge is 0.507 e. The Bertz CT molecular complexity index is 2340. The molecule has 1 N–H and O–H groups in total. The molecule has 0 saturated carbocycles. The molecule has 7 aromatic rings. The number of fused-ring (bicyclic) bond motifs is 1. The zero-order chi connectivity index (χ0) is 36.7. The second-order valence-corrected chi connectivity index (χ2v) is 15.3. The van der Waals surface area contributed by atoms with Gasteiger partial charge < -0.3 is 5.11 Å². The summed E-state index contributed by atoms with van der Waals surface area (Å²) >= 11 is 0. The number of phenolic OH excluding ortho intramolecular Hbond substituents is 1. The monoisotopic (exact) mass is 683 g/mol. The summed E-state index contributed by atoms with van der Waals surface area (Å²) in [7, 11) is 0. The van der Waals surface area contributed by atoms with Crippen LogP contribution in [0, 0.1) is 0 Å². The maximum absolute atomic E-state index is 11.1. The molecule has 0 atom stereocenters. The van der Waals surface area contributed by atoms with Crippen molar-refractivity contribution in [1.82, 2.24) is 14.5 Å². The van der Waals surface area contributed by atoms with Gasteiger partial charge >= 0.3 is 0 Å². The molecule has 2 aromatic heterocycles. The first-order chi connectivity index (χ1) is 25.0. The van der Waals surface area contributed by atoms with E-state index in [1.165, 1.54) is 22.3 Å². The summed E-state index contributed by atoms with van der Waals surface area (Å²) in [5, 5.41) is 11.1. The van der Waals surface area contributed by atoms with Crippen molar-refractivity contribution in [2.75, 3.05) is 0 Å². The lowest BCUT2D eigenvalue weighted by Gasteiger charge is -2.17. The number of rotatable bonds is 9. The van der Waals surface area contributed by atoms with Gasteiger partial charge in [0.25, 0.3) is 0 Å². The first-order valence-electron chi connectivity index (χ1n) is 18.7. The number of aromatic nitrogens is 3. The topological polar surface area (TPSA) is 50.9 Å². The molecule has 52 heavy (non-hydrogen) atoms. The van der Waals surface area contributed by atoms with E-state index in [0.29, 0.717) is 29.2 Å². The van der Waals surface area contributed by atoms with Crippen LogP contribution in [0.3, 0.4) is 0 Å². The highest BCUT2D eigenvalue weighted by atomic mass is 16.3. The second-order valence-electron chi connectivity index (χ2n) is 15.3. The van der Waals surface area contributed by atoms with Gasteiger partial charge in [-0.2, -0.15) is 0 Å². The molecule has 7 rings (SSSR count). The number of benzene rings is 5. The van der Waals surface area contributed by atoms with Crippen LogP contribution in [0.25, 0.3) is 61.8 Å². The molecule has 2 heterocycles. The molecule has 0 unspecified atom stereocenters. The van der Waals surface area contributed by atoms with Crippen molar-refractivity contribution >= 4 is 11.0 Å². The smallest absolute Gasteiger partial charge is 0.145 e. The molecule has 262 valence electrons. The van der Waals surface area contributed by atoms with Crippen molar-refractivity contribution in [3.63, 3.8) is 0 Å². The van der Waals surface area contributed by atoms with Crippen LogP contribution >= 0.6 is 0 Å². The van der Waals surface area contributed by atoms with Crippen LogP contribution in [-0.4, -0.2) is 19.6 Å². The van der Waals surface area contributed by atoms with E-state index in [0.717, 1.165) is 56.2 Å². The molecule has 0 aliphatic carbocycles. The number of imidazole rings is 1. The maximum atomic E-state index is 11.1. The average molecular weight is 684 g/mol. The van der Waals surface area contributed by atoms with Crippen molar-refractivity contribution in [3.05, 3.63) is 144 Å². The number of aromatic hydroxyl groups is 1. The highest BCUT2D eigenvalue weighted by Gasteiger charge is 2.18. The van der Waals surface area contributed by atoms with Crippen LogP contribution in [0.5, 0.6) is 5.75 Å². The van der Waals surface area contributed by atoms with E-state index in [4.69, 9.17) is 9.97 Å². The molecule has 0 fully saturated rings. The Labute approximate surface area is 308 Å². The van der Waals surface area contributed by atoms with Gasteiger partial charge in [0.1, 0.15) is 11.6 Å². The zero-order valence-corrected chi connectivity index (χ0v) is 31.6. The van der Waals surface area contributed by atoms with E-state index in [1.54, 1.807) is 6.07 Å². The molecule has 0 bridgehead atoms. The lowest BCUT2D eigenvalue weighted by molar-refractivity contribution is 0.477.